The number of hydrogen-bond donors (Lipinski definition) is 1. The topological polar surface area (TPSA) is 102 Å². The van der Waals surface area contributed by atoms with E-state index in [4.69, 9.17) is 9.47 Å². The fourth-order valence-electron chi connectivity index (χ4n) is 14.3. The van der Waals surface area contributed by atoms with Crippen LogP contribution in [0.1, 0.15) is 132 Å². The highest BCUT2D eigenvalue weighted by molar-refractivity contribution is 7.91. The summed E-state index contributed by atoms with van der Waals surface area (Å²) >= 11 is 0. The van der Waals surface area contributed by atoms with Gasteiger partial charge < -0.3 is 19.7 Å². The van der Waals surface area contributed by atoms with Crippen LogP contribution in [0.5, 0.6) is 0 Å². The Morgan fingerprint density at radius 3 is 2.20 bits per heavy atom. The van der Waals surface area contributed by atoms with E-state index < -0.39 is 27.7 Å². The molecule has 5 fully saturated rings. The minimum Gasteiger partial charge on any atom is -0.465 e. The van der Waals surface area contributed by atoms with Crippen LogP contribution in [0.15, 0.2) is 23.8 Å². The number of nitrogens with zero attached hydrogens (tertiary/aromatic N) is 1. The average Bonchev–Trinajstić information content (AvgIpc) is 3.49. The smallest absolute Gasteiger partial charge is 0.320 e. The van der Waals surface area contributed by atoms with Crippen molar-refractivity contribution >= 4 is 21.8 Å². The van der Waals surface area contributed by atoms with Crippen LogP contribution in [0.25, 0.3) is 0 Å². The third-order valence-electron chi connectivity index (χ3n) is 17.2. The standard InChI is InChI=1S/C45H74N2O6S/c1-10-52-39(48)34(40(49)53-11-2)14-12-13-32-17-20-42(7)36(41(32,5)6)19-21-44(9)37(42)16-15-35-38-33(31(3)4)18-22-45(38,24-23-43(35,44)8)46-25-26-47-27-29-54(50,51)30-28-47/h17,33-38,46H,3,10-16,18-30H2,1-2,4-9H3. The number of fused-ring (bicyclic) bond motifs is 7. The van der Waals surface area contributed by atoms with E-state index in [0.717, 1.165) is 32.4 Å². The highest BCUT2D eigenvalue weighted by Gasteiger charge is 2.70. The van der Waals surface area contributed by atoms with E-state index in [2.05, 4.69) is 64.4 Å². The van der Waals surface area contributed by atoms with Crippen LogP contribution in [0.3, 0.4) is 0 Å². The Balaban J connectivity index is 1.18. The van der Waals surface area contributed by atoms with Crippen LogP contribution >= 0.6 is 0 Å². The van der Waals surface area contributed by atoms with E-state index >= 15 is 0 Å². The molecule has 54 heavy (non-hydrogen) atoms. The van der Waals surface area contributed by atoms with Gasteiger partial charge in [0.05, 0.1) is 24.7 Å². The van der Waals surface area contributed by atoms with Gasteiger partial charge in [-0.2, -0.15) is 0 Å². The zero-order valence-electron chi connectivity index (χ0n) is 35.2. The summed E-state index contributed by atoms with van der Waals surface area (Å²) in [7, 11) is -2.87. The number of rotatable bonds is 13. The molecule has 9 atom stereocenters. The number of hydrogen-bond acceptors (Lipinski definition) is 8. The first-order chi connectivity index (χ1) is 25.4. The van der Waals surface area contributed by atoms with Gasteiger partial charge in [0.15, 0.2) is 15.8 Å². The van der Waals surface area contributed by atoms with Crippen LogP contribution < -0.4 is 5.32 Å². The Morgan fingerprint density at radius 1 is 0.907 bits per heavy atom. The molecular formula is C45H74N2O6S. The number of carbonyl (C=O) groups excluding carboxylic acids is 2. The third kappa shape index (κ3) is 7.20. The van der Waals surface area contributed by atoms with Crippen LogP contribution in [0, 0.1) is 57.2 Å². The zero-order chi connectivity index (χ0) is 39.3. The number of ether oxygens (including phenoxy) is 2. The van der Waals surface area contributed by atoms with Gasteiger partial charge in [-0.05, 0) is 149 Å². The Hall–Kier alpha value is -1.71. The summed E-state index contributed by atoms with van der Waals surface area (Å²) < 4.78 is 34.6. The van der Waals surface area contributed by atoms with Crippen LogP contribution in [0.4, 0.5) is 0 Å². The minimum absolute atomic E-state index is 0.0517. The van der Waals surface area contributed by atoms with Crippen molar-refractivity contribution in [3.63, 3.8) is 0 Å². The second-order valence-corrected chi connectivity index (χ2v) is 22.2. The van der Waals surface area contributed by atoms with Gasteiger partial charge in [-0.1, -0.05) is 58.4 Å². The third-order valence-corrected chi connectivity index (χ3v) is 18.9. The molecule has 0 aromatic heterocycles. The van der Waals surface area contributed by atoms with E-state index in [1.165, 1.54) is 62.5 Å². The van der Waals surface area contributed by atoms with Gasteiger partial charge >= 0.3 is 11.9 Å². The van der Waals surface area contributed by atoms with E-state index in [9.17, 15) is 18.0 Å². The predicted octanol–water partition coefficient (Wildman–Crippen LogP) is 8.17. The normalized spacial score (nSPS) is 39.7. The number of sulfone groups is 1. The quantitative estimate of drug-likeness (QED) is 0.114. The molecule has 4 saturated carbocycles. The van der Waals surface area contributed by atoms with Crippen LogP contribution in [0.2, 0.25) is 0 Å². The van der Waals surface area contributed by atoms with E-state index in [-0.39, 0.29) is 40.4 Å². The van der Waals surface area contributed by atoms with Crippen molar-refractivity contribution in [2.45, 2.75) is 138 Å². The Morgan fingerprint density at radius 2 is 1.57 bits per heavy atom. The average molecular weight is 771 g/mol. The summed E-state index contributed by atoms with van der Waals surface area (Å²) in [5.41, 5.74) is 3.81. The first-order valence-electron chi connectivity index (χ1n) is 21.7. The summed E-state index contributed by atoms with van der Waals surface area (Å²) in [5, 5.41) is 4.21. The fraction of sp³-hybridized carbons (Fsp3) is 0.867. The number of esters is 2. The van der Waals surface area contributed by atoms with Crippen molar-refractivity contribution in [1.82, 2.24) is 10.2 Å². The van der Waals surface area contributed by atoms with E-state index in [1.807, 2.05) is 0 Å². The molecule has 306 valence electrons. The molecule has 0 radical (unpaired) electrons. The summed E-state index contributed by atoms with van der Waals surface area (Å²) in [6, 6.07) is 0. The van der Waals surface area contributed by atoms with Gasteiger partial charge in [0.25, 0.3) is 0 Å². The summed E-state index contributed by atoms with van der Waals surface area (Å²) in [4.78, 5) is 27.7. The first kappa shape index (κ1) is 41.9. The van der Waals surface area contributed by atoms with Crippen molar-refractivity contribution in [2.75, 3.05) is 50.9 Å². The molecule has 9 heteroatoms. The minimum atomic E-state index is -2.87. The van der Waals surface area contributed by atoms with Crippen molar-refractivity contribution in [1.29, 1.82) is 0 Å². The predicted molar refractivity (Wildman–Crippen MR) is 216 cm³/mol. The number of nitrogens with one attached hydrogen (secondary N) is 1. The Labute approximate surface area is 328 Å². The lowest BCUT2D eigenvalue weighted by molar-refractivity contribution is -0.221. The molecule has 1 saturated heterocycles. The molecule has 5 aliphatic carbocycles. The molecule has 0 bridgehead atoms. The monoisotopic (exact) mass is 771 g/mol. The van der Waals surface area contributed by atoms with Gasteiger partial charge in [-0.15, -0.1) is 0 Å². The molecule has 9 unspecified atom stereocenters. The van der Waals surface area contributed by atoms with Gasteiger partial charge in [0, 0.05) is 31.7 Å². The maximum atomic E-state index is 12.7. The van der Waals surface area contributed by atoms with E-state index in [1.54, 1.807) is 13.8 Å². The van der Waals surface area contributed by atoms with Gasteiger partial charge in [-0.3, -0.25) is 9.59 Å². The molecule has 8 nitrogen and oxygen atoms in total. The molecule has 0 aromatic rings. The molecule has 1 N–H and O–H groups in total. The highest BCUT2D eigenvalue weighted by atomic mass is 32.2. The van der Waals surface area contributed by atoms with Gasteiger partial charge in [-0.25, -0.2) is 8.42 Å². The highest BCUT2D eigenvalue weighted by Crippen LogP contribution is 2.76. The molecular weight excluding hydrogens is 697 g/mol. The van der Waals surface area contributed by atoms with Gasteiger partial charge in [0.1, 0.15) is 0 Å². The Kier molecular flexibility index (Phi) is 12.1. The molecule has 0 aromatic carbocycles. The van der Waals surface area contributed by atoms with Crippen molar-refractivity contribution < 1.29 is 27.5 Å². The lowest BCUT2D eigenvalue weighted by Crippen LogP contribution is -2.68. The molecule has 0 spiro atoms. The first-order valence-corrected chi connectivity index (χ1v) is 23.6. The maximum Gasteiger partial charge on any atom is 0.320 e. The lowest BCUT2D eigenvalue weighted by Gasteiger charge is -2.72. The van der Waals surface area contributed by atoms with Crippen molar-refractivity contribution in [3.8, 4) is 0 Å². The van der Waals surface area contributed by atoms with E-state index in [0.29, 0.717) is 60.6 Å². The fourth-order valence-corrected chi connectivity index (χ4v) is 15.6. The second-order valence-electron chi connectivity index (χ2n) is 19.9. The number of allylic oxidation sites excluding steroid dienone is 3. The molecule has 1 aliphatic heterocycles. The molecule has 6 aliphatic rings. The Bertz CT molecular complexity index is 1540. The summed E-state index contributed by atoms with van der Waals surface area (Å²) in [6.07, 6.45) is 15.8. The summed E-state index contributed by atoms with van der Waals surface area (Å²) in [6.45, 7) is 27.1. The number of carbonyl (C=O) groups is 2. The molecule has 1 heterocycles. The zero-order valence-corrected chi connectivity index (χ0v) is 36.0. The summed E-state index contributed by atoms with van der Waals surface area (Å²) in [5.74, 6) is 1.89. The van der Waals surface area contributed by atoms with Crippen molar-refractivity contribution in [2.24, 2.45) is 57.2 Å². The van der Waals surface area contributed by atoms with Crippen molar-refractivity contribution in [3.05, 3.63) is 23.8 Å². The van der Waals surface area contributed by atoms with Crippen LogP contribution in [-0.4, -0.2) is 81.7 Å². The van der Waals surface area contributed by atoms with Crippen LogP contribution in [-0.2, 0) is 28.9 Å². The largest absolute Gasteiger partial charge is 0.465 e. The lowest BCUT2D eigenvalue weighted by atomic mass is 9.33. The SMILES string of the molecule is C=C(C)C1CCC2(NCCN3CCS(=O)(=O)CC3)CCC3(C)C(CCC4C5(C)CC=C(CCCC(C(=O)OCC)C(=O)OCC)C(C)(C)C5CCC43C)C12. The maximum absolute atomic E-state index is 12.7. The van der Waals surface area contributed by atoms with Gasteiger partial charge in [0.2, 0.25) is 0 Å². The molecule has 0 amide bonds. The molecule has 6 rings (SSSR count). The second kappa shape index (κ2) is 15.6.